The zero-order valence-electron chi connectivity index (χ0n) is 30.6. The number of fused-ring (bicyclic) bond motifs is 6. The smallest absolute Gasteiger partial charge is 0.237 e. The Bertz CT molecular complexity index is 3130. The summed E-state index contributed by atoms with van der Waals surface area (Å²) < 4.78 is 4.34. The largest absolute Gasteiger partial charge is 0.279 e. The van der Waals surface area contributed by atoms with E-state index >= 15 is 0 Å². The lowest BCUT2D eigenvalue weighted by Gasteiger charge is -2.24. The van der Waals surface area contributed by atoms with Crippen LogP contribution in [0.5, 0.6) is 0 Å². The van der Waals surface area contributed by atoms with Gasteiger partial charge in [0.1, 0.15) is 0 Å². The molecule has 0 radical (unpaired) electrons. The third-order valence-electron chi connectivity index (χ3n) is 10.5. The summed E-state index contributed by atoms with van der Waals surface area (Å²) in [6.45, 7) is 0. The van der Waals surface area contributed by atoms with Gasteiger partial charge >= 0.3 is 0 Å². The summed E-state index contributed by atoms with van der Waals surface area (Å²) in [5, 5.41) is 3.07. The normalized spacial score (nSPS) is 11.5. The van der Waals surface area contributed by atoms with Gasteiger partial charge in [0, 0.05) is 44.0 Å². The van der Waals surface area contributed by atoms with E-state index in [2.05, 4.69) is 179 Å². The topological polar surface area (TPSA) is 59.7 Å². The Kier molecular flexibility index (Phi) is 7.89. The summed E-state index contributed by atoms with van der Waals surface area (Å²) in [4.78, 5) is 23.4. The van der Waals surface area contributed by atoms with Crippen LogP contribution in [0.25, 0.3) is 81.7 Å². The summed E-state index contributed by atoms with van der Waals surface area (Å²) in [6, 6.07) is 65.3. The molecule has 57 heavy (non-hydrogen) atoms. The Morgan fingerprint density at radius 3 is 1.60 bits per heavy atom. The fourth-order valence-electron chi connectivity index (χ4n) is 7.76. The van der Waals surface area contributed by atoms with E-state index in [4.69, 9.17) is 19.9 Å². The van der Waals surface area contributed by atoms with Crippen LogP contribution in [-0.4, -0.2) is 24.5 Å². The molecule has 0 N–H and O–H groups in total. The van der Waals surface area contributed by atoms with Crippen LogP contribution in [0, 0.1) is 0 Å². The van der Waals surface area contributed by atoms with Crippen molar-refractivity contribution >= 4 is 70.9 Å². The quantitative estimate of drug-likeness (QED) is 0.162. The van der Waals surface area contributed by atoms with Gasteiger partial charge in [-0.2, -0.15) is 4.98 Å². The van der Waals surface area contributed by atoms with Crippen LogP contribution in [0.2, 0.25) is 0 Å². The van der Waals surface area contributed by atoms with Crippen molar-refractivity contribution in [2.45, 2.75) is 0 Å². The van der Waals surface area contributed by atoms with E-state index in [1.54, 1.807) is 11.3 Å². The number of para-hydroxylation sites is 1. The van der Waals surface area contributed by atoms with Crippen LogP contribution in [-0.2, 0) is 0 Å². The van der Waals surface area contributed by atoms with Crippen LogP contribution in [0.15, 0.2) is 194 Å². The van der Waals surface area contributed by atoms with Gasteiger partial charge in [0.25, 0.3) is 0 Å². The number of hydrogen-bond donors (Lipinski definition) is 0. The van der Waals surface area contributed by atoms with E-state index in [-0.39, 0.29) is 0 Å². The highest BCUT2D eigenvalue weighted by Gasteiger charge is 2.23. The van der Waals surface area contributed by atoms with Crippen LogP contribution in [0.4, 0.5) is 17.3 Å². The number of nitrogens with zero attached hydrogens (tertiary/aromatic N) is 6. The molecule has 268 valence electrons. The average Bonchev–Trinajstić information content (AvgIpc) is 3.83. The fourth-order valence-corrected chi connectivity index (χ4v) is 8.92. The lowest BCUT2D eigenvalue weighted by Crippen LogP contribution is -2.14. The van der Waals surface area contributed by atoms with E-state index in [9.17, 15) is 0 Å². The highest BCUT2D eigenvalue weighted by molar-refractivity contribution is 7.26. The molecule has 11 rings (SSSR count). The number of benzene rings is 7. The molecule has 0 fully saturated rings. The molecule has 0 aliphatic rings. The van der Waals surface area contributed by atoms with Gasteiger partial charge in [0.15, 0.2) is 5.65 Å². The zero-order chi connectivity index (χ0) is 37.7. The Labute approximate surface area is 332 Å². The van der Waals surface area contributed by atoms with E-state index in [0.717, 1.165) is 82.4 Å². The van der Waals surface area contributed by atoms with E-state index in [1.165, 1.54) is 4.70 Å². The summed E-state index contributed by atoms with van der Waals surface area (Å²) >= 11 is 1.73. The molecule has 0 saturated heterocycles. The lowest BCUT2D eigenvalue weighted by atomic mass is 10.0. The molecule has 7 aromatic carbocycles. The first-order valence-corrected chi connectivity index (χ1v) is 19.7. The van der Waals surface area contributed by atoms with Crippen molar-refractivity contribution in [1.29, 1.82) is 0 Å². The van der Waals surface area contributed by atoms with Crippen molar-refractivity contribution in [3.05, 3.63) is 194 Å². The third-order valence-corrected chi connectivity index (χ3v) is 11.7. The highest BCUT2D eigenvalue weighted by Crippen LogP contribution is 2.41. The molecule has 4 heterocycles. The molecular weight excluding hydrogens is 717 g/mol. The first kappa shape index (κ1) is 32.9. The molecule has 0 bridgehead atoms. The fraction of sp³-hybridized carbons (Fsp3) is 0. The van der Waals surface area contributed by atoms with Gasteiger partial charge in [-0.05, 0) is 58.7 Å². The van der Waals surface area contributed by atoms with E-state index in [0.29, 0.717) is 11.9 Å². The van der Waals surface area contributed by atoms with Gasteiger partial charge in [0.05, 0.1) is 21.4 Å². The molecule has 0 aliphatic heterocycles. The molecular formula is C50H32N6S. The molecule has 6 nitrogen and oxygen atoms in total. The van der Waals surface area contributed by atoms with Crippen molar-refractivity contribution in [2.24, 2.45) is 0 Å². The second kappa shape index (κ2) is 13.7. The van der Waals surface area contributed by atoms with Gasteiger partial charge in [-0.15, -0.1) is 11.3 Å². The molecule has 0 aliphatic carbocycles. The summed E-state index contributed by atoms with van der Waals surface area (Å²) in [6.07, 6.45) is 1.94. The Morgan fingerprint density at radius 1 is 0.439 bits per heavy atom. The molecule has 4 aromatic heterocycles. The van der Waals surface area contributed by atoms with Crippen LogP contribution in [0.3, 0.4) is 0 Å². The van der Waals surface area contributed by atoms with Gasteiger partial charge in [0.2, 0.25) is 11.9 Å². The van der Waals surface area contributed by atoms with Crippen LogP contribution < -0.4 is 4.90 Å². The second-order valence-electron chi connectivity index (χ2n) is 13.9. The number of rotatable bonds is 7. The highest BCUT2D eigenvalue weighted by atomic mass is 32.1. The van der Waals surface area contributed by atoms with Crippen molar-refractivity contribution in [1.82, 2.24) is 24.5 Å². The molecule has 0 spiro atoms. The Morgan fingerprint density at radius 2 is 0.965 bits per heavy atom. The van der Waals surface area contributed by atoms with Crippen molar-refractivity contribution in [3.63, 3.8) is 0 Å². The number of thiophene rings is 1. The van der Waals surface area contributed by atoms with Gasteiger partial charge in [-0.25, -0.2) is 15.0 Å². The Hall–Kier alpha value is -7.48. The maximum absolute atomic E-state index is 5.44. The molecule has 7 heteroatoms. The van der Waals surface area contributed by atoms with Crippen LogP contribution in [0.1, 0.15) is 0 Å². The maximum Gasteiger partial charge on any atom is 0.237 e. The predicted octanol–water partition coefficient (Wildman–Crippen LogP) is 13.2. The average molecular weight is 749 g/mol. The van der Waals surface area contributed by atoms with Crippen LogP contribution >= 0.6 is 11.3 Å². The minimum atomic E-state index is 0.539. The third kappa shape index (κ3) is 5.72. The maximum atomic E-state index is 5.44. The summed E-state index contributed by atoms with van der Waals surface area (Å²) in [5.74, 6) is 1.10. The van der Waals surface area contributed by atoms with Gasteiger partial charge in [-0.1, -0.05) is 152 Å². The molecule has 0 atom stereocenters. The first-order valence-electron chi connectivity index (χ1n) is 18.9. The summed E-state index contributed by atoms with van der Waals surface area (Å²) in [5.41, 5.74) is 11.0. The standard InChI is InChI=1S/C50H32N6S/c1-4-14-33(15-5-1)35-24-28-38(29-25-35)55(39-30-26-36(27-31-39)34-16-6-2-7-17-34)49-51-32-42-40-20-10-12-22-43(40)56(48(42)54-49)50-52-45(37-18-8-3-9-19-37)47-46(53-50)41-21-11-13-23-44(41)57-47/h1-32H. The van der Waals surface area contributed by atoms with Crippen molar-refractivity contribution in [3.8, 4) is 39.5 Å². The number of anilines is 3. The van der Waals surface area contributed by atoms with Gasteiger partial charge in [-0.3, -0.25) is 9.47 Å². The summed E-state index contributed by atoms with van der Waals surface area (Å²) in [7, 11) is 0. The number of aromatic nitrogens is 5. The zero-order valence-corrected chi connectivity index (χ0v) is 31.4. The van der Waals surface area contributed by atoms with Gasteiger partial charge < -0.3 is 0 Å². The minimum absolute atomic E-state index is 0.539. The number of hydrogen-bond acceptors (Lipinski definition) is 6. The minimum Gasteiger partial charge on any atom is -0.279 e. The van der Waals surface area contributed by atoms with E-state index in [1.807, 2.05) is 24.4 Å². The van der Waals surface area contributed by atoms with E-state index < -0.39 is 0 Å². The molecule has 0 unspecified atom stereocenters. The predicted molar refractivity (Wildman–Crippen MR) is 236 cm³/mol. The molecule has 0 amide bonds. The SMILES string of the molecule is c1ccc(-c2ccc(N(c3ccc(-c4ccccc4)cc3)c3ncc4c5ccccc5n(-c5nc(-c6ccccc6)c6sc7ccccc7c6n5)c4n3)cc2)cc1. The molecule has 0 saturated carbocycles. The van der Waals surface area contributed by atoms with Crippen molar-refractivity contribution in [2.75, 3.05) is 4.90 Å². The van der Waals surface area contributed by atoms with Crippen molar-refractivity contribution < 1.29 is 0 Å². The second-order valence-corrected chi connectivity index (χ2v) is 15.0. The lowest BCUT2D eigenvalue weighted by molar-refractivity contribution is 0.989. The monoisotopic (exact) mass is 748 g/mol. The molecule has 11 aromatic rings. The Balaban J connectivity index is 1.13. The first-order chi connectivity index (χ1) is 28.3.